The van der Waals surface area contributed by atoms with Gasteiger partial charge < -0.3 is 4.74 Å². The zero-order valence-corrected chi connectivity index (χ0v) is 9.14. The Labute approximate surface area is 88.4 Å². The normalized spacial score (nSPS) is 14.2. The first kappa shape index (κ1) is 9.33. The summed E-state index contributed by atoms with van der Waals surface area (Å²) in [7, 11) is 0. The quantitative estimate of drug-likeness (QED) is 0.403. The van der Waals surface area contributed by atoms with Crippen LogP contribution in [-0.2, 0) is 4.74 Å². The van der Waals surface area contributed by atoms with Crippen LogP contribution in [0.25, 0.3) is 0 Å². The zero-order chi connectivity index (χ0) is 10.5. The minimum Gasteiger partial charge on any atom is -0.386 e. The molecule has 0 unspecified atom stereocenters. The van der Waals surface area contributed by atoms with E-state index in [1.165, 1.54) is 0 Å². The average Bonchev–Trinajstić information content (AvgIpc) is 2.38. The zero-order valence-electron chi connectivity index (χ0n) is 7.55. The number of fused-ring (bicyclic) bond motifs is 1. The van der Waals surface area contributed by atoms with Crippen molar-refractivity contribution in [3.05, 3.63) is 27.0 Å². The molecule has 0 aliphatic carbocycles. The van der Waals surface area contributed by atoms with E-state index >= 15 is 0 Å². The number of pyridine rings is 1. The Morgan fingerprint density at radius 1 is 1.14 bits per heavy atom. The first-order valence-electron chi connectivity index (χ1n) is 3.95. The van der Waals surface area contributed by atoms with Gasteiger partial charge in [0.1, 0.15) is 10.2 Å². The average molecular weight is 256 g/mol. The monoisotopic (exact) mass is 255 g/mol. The second-order valence-corrected chi connectivity index (χ2v) is 3.79. The number of halogens is 1. The van der Waals surface area contributed by atoms with Gasteiger partial charge in [-0.2, -0.15) is 0 Å². The summed E-state index contributed by atoms with van der Waals surface area (Å²) in [4.78, 5) is 26.7. The molecule has 0 bridgehead atoms. The molecule has 4 nitrogen and oxygen atoms in total. The molecular weight excluding hydrogens is 250 g/mol. The molecule has 1 aromatic rings. The molecule has 0 radical (unpaired) electrons. The fourth-order valence-electron chi connectivity index (χ4n) is 1.39. The molecule has 0 atom stereocenters. The van der Waals surface area contributed by atoms with Crippen molar-refractivity contribution in [2.45, 2.75) is 13.8 Å². The molecule has 0 saturated heterocycles. The highest BCUT2D eigenvalue weighted by Gasteiger charge is 2.35. The Kier molecular flexibility index (Phi) is 1.92. The summed E-state index contributed by atoms with van der Waals surface area (Å²) >= 11 is 3.14. The number of esters is 2. The molecule has 1 aliphatic heterocycles. The number of carbonyl (C=O) groups is 2. The summed E-state index contributed by atoms with van der Waals surface area (Å²) in [6.45, 7) is 3.52. The van der Waals surface area contributed by atoms with Crippen LogP contribution >= 0.6 is 15.9 Å². The lowest BCUT2D eigenvalue weighted by molar-refractivity contribution is 0.0443. The van der Waals surface area contributed by atoms with Gasteiger partial charge >= 0.3 is 11.9 Å². The number of cyclic esters (lactones) is 2. The van der Waals surface area contributed by atoms with E-state index in [1.54, 1.807) is 13.8 Å². The molecule has 0 aromatic carbocycles. The predicted octanol–water partition coefficient (Wildman–Crippen LogP) is 1.77. The number of aromatic nitrogens is 1. The predicted molar refractivity (Wildman–Crippen MR) is 51.2 cm³/mol. The summed E-state index contributed by atoms with van der Waals surface area (Å²) in [6.07, 6.45) is 0. The molecule has 1 aliphatic rings. The number of nitrogens with zero attached hydrogens (tertiary/aromatic N) is 1. The van der Waals surface area contributed by atoms with Gasteiger partial charge in [-0.25, -0.2) is 14.6 Å². The van der Waals surface area contributed by atoms with Gasteiger partial charge in [0.15, 0.2) is 0 Å². The second-order valence-electron chi connectivity index (χ2n) is 3.04. The van der Waals surface area contributed by atoms with Crippen LogP contribution in [0.4, 0.5) is 0 Å². The van der Waals surface area contributed by atoms with Crippen LogP contribution in [0.1, 0.15) is 32.0 Å². The van der Waals surface area contributed by atoms with Gasteiger partial charge in [0, 0.05) is 5.69 Å². The van der Waals surface area contributed by atoms with Crippen molar-refractivity contribution in [3.63, 3.8) is 0 Å². The van der Waals surface area contributed by atoms with Gasteiger partial charge in [-0.15, -0.1) is 0 Å². The lowest BCUT2D eigenvalue weighted by Crippen LogP contribution is -2.02. The Bertz CT molecular complexity index is 468. The Morgan fingerprint density at radius 3 is 2.36 bits per heavy atom. The summed E-state index contributed by atoms with van der Waals surface area (Å²) in [5.74, 6) is -1.22. The number of aryl methyl sites for hydroxylation is 1. The lowest BCUT2D eigenvalue weighted by Gasteiger charge is -2.03. The van der Waals surface area contributed by atoms with Crippen molar-refractivity contribution in [3.8, 4) is 0 Å². The van der Waals surface area contributed by atoms with Crippen molar-refractivity contribution in [2.24, 2.45) is 0 Å². The molecule has 2 heterocycles. The topological polar surface area (TPSA) is 56.3 Å². The van der Waals surface area contributed by atoms with E-state index in [-0.39, 0.29) is 5.56 Å². The number of hydrogen-bond donors (Lipinski definition) is 0. The Morgan fingerprint density at radius 2 is 1.71 bits per heavy atom. The van der Waals surface area contributed by atoms with E-state index in [0.29, 0.717) is 21.4 Å². The van der Waals surface area contributed by atoms with E-state index in [1.807, 2.05) is 0 Å². The molecule has 0 saturated carbocycles. The van der Waals surface area contributed by atoms with Gasteiger partial charge in [0.05, 0.1) is 5.56 Å². The van der Waals surface area contributed by atoms with E-state index < -0.39 is 11.9 Å². The van der Waals surface area contributed by atoms with Gasteiger partial charge in [-0.3, -0.25) is 0 Å². The van der Waals surface area contributed by atoms with Crippen LogP contribution in [0.15, 0.2) is 4.60 Å². The highest BCUT2D eigenvalue weighted by molar-refractivity contribution is 9.10. The summed E-state index contributed by atoms with van der Waals surface area (Å²) < 4.78 is 4.87. The third kappa shape index (κ3) is 1.09. The Balaban J connectivity index is 2.86. The minimum absolute atomic E-state index is 0.234. The van der Waals surface area contributed by atoms with Crippen molar-refractivity contribution >= 4 is 27.9 Å². The van der Waals surface area contributed by atoms with Crippen LogP contribution in [0.2, 0.25) is 0 Å². The molecule has 5 heteroatoms. The van der Waals surface area contributed by atoms with Gasteiger partial charge in [0.25, 0.3) is 0 Å². The van der Waals surface area contributed by atoms with Crippen LogP contribution in [-0.4, -0.2) is 16.9 Å². The number of carbonyl (C=O) groups excluding carboxylic acids is 2. The fraction of sp³-hybridized carbons (Fsp3) is 0.222. The van der Waals surface area contributed by atoms with Crippen molar-refractivity contribution in [2.75, 3.05) is 0 Å². The summed E-state index contributed by atoms with van der Waals surface area (Å²) in [5.41, 5.74) is 1.97. The van der Waals surface area contributed by atoms with Gasteiger partial charge in [0.2, 0.25) is 0 Å². The van der Waals surface area contributed by atoms with Gasteiger partial charge in [-0.05, 0) is 35.3 Å². The standard InChI is InChI=1S/C9H6BrNO3/c1-3-4(2)11-7(10)6-5(3)8(12)14-9(6)13/h1-2H3. The van der Waals surface area contributed by atoms with E-state index in [2.05, 4.69) is 25.7 Å². The van der Waals surface area contributed by atoms with Crippen LogP contribution in [0.5, 0.6) is 0 Å². The van der Waals surface area contributed by atoms with Gasteiger partial charge in [-0.1, -0.05) is 0 Å². The van der Waals surface area contributed by atoms with E-state index in [0.717, 1.165) is 0 Å². The maximum Gasteiger partial charge on any atom is 0.349 e. The van der Waals surface area contributed by atoms with Crippen LogP contribution in [0.3, 0.4) is 0 Å². The third-order valence-corrected chi connectivity index (χ3v) is 2.81. The highest BCUT2D eigenvalue weighted by Crippen LogP contribution is 2.29. The molecule has 0 N–H and O–H groups in total. The van der Waals surface area contributed by atoms with Crippen molar-refractivity contribution in [1.82, 2.24) is 4.98 Å². The van der Waals surface area contributed by atoms with Crippen molar-refractivity contribution in [1.29, 1.82) is 0 Å². The molecule has 0 fully saturated rings. The smallest absolute Gasteiger partial charge is 0.349 e. The first-order chi connectivity index (χ1) is 6.52. The SMILES string of the molecule is Cc1nc(Br)c2c(c1C)C(=O)OC2=O. The lowest BCUT2D eigenvalue weighted by atomic mass is 10.1. The summed E-state index contributed by atoms with van der Waals surface area (Å²) in [5, 5.41) is 0. The van der Waals surface area contributed by atoms with Crippen LogP contribution < -0.4 is 0 Å². The number of hydrogen-bond acceptors (Lipinski definition) is 4. The van der Waals surface area contributed by atoms with E-state index in [4.69, 9.17) is 0 Å². The molecular formula is C9H6BrNO3. The maximum atomic E-state index is 11.3. The second kappa shape index (κ2) is 2.88. The highest BCUT2D eigenvalue weighted by atomic mass is 79.9. The molecule has 14 heavy (non-hydrogen) atoms. The number of rotatable bonds is 0. The first-order valence-corrected chi connectivity index (χ1v) is 4.75. The van der Waals surface area contributed by atoms with Crippen molar-refractivity contribution < 1.29 is 14.3 Å². The molecule has 2 rings (SSSR count). The number of ether oxygens (including phenoxy) is 1. The molecule has 1 aromatic heterocycles. The minimum atomic E-state index is -0.632. The Hall–Kier alpha value is -1.23. The molecule has 0 spiro atoms. The summed E-state index contributed by atoms with van der Waals surface area (Å²) in [6, 6.07) is 0. The fourth-order valence-corrected chi connectivity index (χ4v) is 2.01. The van der Waals surface area contributed by atoms with E-state index in [9.17, 15) is 9.59 Å². The molecule has 72 valence electrons. The van der Waals surface area contributed by atoms with Crippen LogP contribution in [0, 0.1) is 13.8 Å². The maximum absolute atomic E-state index is 11.3. The largest absolute Gasteiger partial charge is 0.386 e. The third-order valence-electron chi connectivity index (χ3n) is 2.23. The molecule has 0 amide bonds.